The molecule has 3 aliphatic rings. The Labute approximate surface area is 149 Å². The topological polar surface area (TPSA) is 98.2 Å². The molecule has 0 spiro atoms. The van der Waals surface area contributed by atoms with Crippen molar-refractivity contribution >= 4 is 11.7 Å². The highest BCUT2D eigenvalue weighted by molar-refractivity contribution is 5.99. The number of carbonyl (C=O) groups is 1. The van der Waals surface area contributed by atoms with E-state index in [1.165, 1.54) is 18.2 Å². The van der Waals surface area contributed by atoms with Crippen molar-refractivity contribution in [2.24, 2.45) is 4.99 Å². The number of hydrogen-bond acceptors (Lipinski definition) is 7. The number of nitrogens with one attached hydrogen (secondary N) is 3. The van der Waals surface area contributed by atoms with Crippen LogP contribution in [0.3, 0.4) is 0 Å². The van der Waals surface area contributed by atoms with Crippen LogP contribution in [-0.4, -0.2) is 47.7 Å². The first-order valence-electron chi connectivity index (χ1n) is 8.23. The van der Waals surface area contributed by atoms with Gasteiger partial charge in [-0.2, -0.15) is 0 Å². The van der Waals surface area contributed by atoms with Gasteiger partial charge < -0.3 is 20.5 Å². The molecule has 136 valence electrons. The Morgan fingerprint density at radius 1 is 1.38 bits per heavy atom. The number of amides is 1. The summed E-state index contributed by atoms with van der Waals surface area (Å²) in [5, 5.41) is 17.6. The van der Waals surface area contributed by atoms with E-state index in [1.54, 1.807) is 17.3 Å². The minimum atomic E-state index is -0.894. The number of hydrazine groups is 1. The third-order valence-electron chi connectivity index (χ3n) is 4.23. The number of nitrogens with zero attached hydrogens (tertiary/aromatic N) is 2. The lowest BCUT2D eigenvalue weighted by atomic mass is 10.2. The minimum Gasteiger partial charge on any atom is -0.490 e. The van der Waals surface area contributed by atoms with Gasteiger partial charge in [-0.05, 0) is 24.3 Å². The zero-order chi connectivity index (χ0) is 18.1. The summed E-state index contributed by atoms with van der Waals surface area (Å²) in [6, 6.07) is 4.16. The molecule has 26 heavy (non-hydrogen) atoms. The van der Waals surface area contributed by atoms with Gasteiger partial charge in [0.2, 0.25) is 0 Å². The standard InChI is InChI=1S/C17H18FN5O3/c18-11-1-2-14-10(5-11)6-19-15-3-4-23-16(22-15)13(8-21-23)17(25)20-7-12(24)9-26-14/h1-5,12,21,24H,6-9H2,(H,19,22)(H,20,25). The average Bonchev–Trinajstić information content (AvgIpc) is 3.06. The highest BCUT2D eigenvalue weighted by atomic mass is 19.1. The molecule has 0 radical (unpaired) electrons. The van der Waals surface area contributed by atoms with Crippen LogP contribution in [0.25, 0.3) is 0 Å². The molecular formula is C17H18FN5O3. The Balaban J connectivity index is 1.70. The smallest absolute Gasteiger partial charge is 0.252 e. The monoisotopic (exact) mass is 359 g/mol. The van der Waals surface area contributed by atoms with Gasteiger partial charge in [0.05, 0.1) is 12.1 Å². The molecule has 4 rings (SSSR count). The summed E-state index contributed by atoms with van der Waals surface area (Å²) in [5.41, 5.74) is 4.14. The summed E-state index contributed by atoms with van der Waals surface area (Å²) in [5.74, 6) is 0.922. The Bertz CT molecular complexity index is 836. The summed E-state index contributed by atoms with van der Waals surface area (Å²) < 4.78 is 19.2. The minimum absolute atomic E-state index is 0.0239. The Morgan fingerprint density at radius 3 is 3.15 bits per heavy atom. The van der Waals surface area contributed by atoms with Crippen molar-refractivity contribution in [3.63, 3.8) is 0 Å². The number of carbonyl (C=O) groups excluding carboxylic acids is 1. The van der Waals surface area contributed by atoms with Crippen LogP contribution < -0.4 is 20.8 Å². The maximum Gasteiger partial charge on any atom is 0.252 e. The molecule has 3 heterocycles. The molecular weight excluding hydrogens is 341 g/mol. The van der Waals surface area contributed by atoms with Crippen LogP contribution >= 0.6 is 0 Å². The van der Waals surface area contributed by atoms with Gasteiger partial charge in [0.1, 0.15) is 35.9 Å². The number of β-amino-alcohol motifs (C(OH)–C–C–N with tert-alkyl or cyclic N) is 1. The maximum absolute atomic E-state index is 13.6. The fourth-order valence-corrected chi connectivity index (χ4v) is 2.87. The van der Waals surface area contributed by atoms with E-state index < -0.39 is 6.10 Å². The van der Waals surface area contributed by atoms with Crippen molar-refractivity contribution in [2.45, 2.75) is 12.6 Å². The molecule has 1 atom stereocenters. The first-order valence-corrected chi connectivity index (χ1v) is 8.23. The quantitative estimate of drug-likeness (QED) is 0.510. The summed E-state index contributed by atoms with van der Waals surface area (Å²) >= 11 is 0. The number of fused-ring (bicyclic) bond motifs is 2. The highest BCUT2D eigenvalue weighted by Gasteiger charge is 2.29. The zero-order valence-electron chi connectivity index (χ0n) is 13.8. The molecule has 1 unspecified atom stereocenters. The van der Waals surface area contributed by atoms with Crippen molar-refractivity contribution < 1.29 is 19.0 Å². The van der Waals surface area contributed by atoms with Crippen LogP contribution in [0.1, 0.15) is 5.56 Å². The second kappa shape index (κ2) is 6.77. The molecule has 0 aliphatic carbocycles. The van der Waals surface area contributed by atoms with Crippen molar-refractivity contribution in [3.8, 4) is 5.75 Å². The van der Waals surface area contributed by atoms with E-state index in [0.717, 1.165) is 0 Å². The second-order valence-corrected chi connectivity index (χ2v) is 6.10. The molecule has 3 aliphatic heterocycles. The molecule has 0 aromatic heterocycles. The molecule has 9 heteroatoms. The van der Waals surface area contributed by atoms with E-state index in [1.807, 2.05) is 0 Å². The molecule has 8 nitrogen and oxygen atoms in total. The summed E-state index contributed by atoms with van der Waals surface area (Å²) in [7, 11) is 0. The van der Waals surface area contributed by atoms with E-state index in [-0.39, 0.29) is 31.4 Å². The molecule has 1 amide bonds. The van der Waals surface area contributed by atoms with Gasteiger partial charge in [-0.3, -0.25) is 14.8 Å². The van der Waals surface area contributed by atoms with Gasteiger partial charge in [-0.1, -0.05) is 0 Å². The second-order valence-electron chi connectivity index (χ2n) is 6.10. The Hall–Kier alpha value is -2.91. The SMILES string of the molecule is O=C1NCC(O)COc2ccc(F)cc2CN=C2C=CN3NCC1=C3N2. The third kappa shape index (κ3) is 3.26. The number of aliphatic hydroxyl groups is 1. The Morgan fingerprint density at radius 2 is 2.27 bits per heavy atom. The molecule has 4 N–H and O–H groups in total. The highest BCUT2D eigenvalue weighted by Crippen LogP contribution is 2.22. The molecule has 0 fully saturated rings. The first-order chi connectivity index (χ1) is 12.6. The average molecular weight is 359 g/mol. The van der Waals surface area contributed by atoms with E-state index in [2.05, 4.69) is 21.1 Å². The predicted octanol–water partition coefficient (Wildman–Crippen LogP) is -0.258. The molecule has 2 bridgehead atoms. The van der Waals surface area contributed by atoms with Crippen LogP contribution in [0.15, 0.2) is 46.9 Å². The number of aliphatic hydroxyl groups excluding tert-OH is 1. The number of rotatable bonds is 0. The van der Waals surface area contributed by atoms with Gasteiger partial charge in [0, 0.05) is 24.9 Å². The van der Waals surface area contributed by atoms with Crippen LogP contribution in [0.2, 0.25) is 0 Å². The van der Waals surface area contributed by atoms with E-state index in [9.17, 15) is 14.3 Å². The number of benzene rings is 1. The van der Waals surface area contributed by atoms with Crippen molar-refractivity contribution in [3.05, 3.63) is 53.2 Å². The van der Waals surface area contributed by atoms with Gasteiger partial charge in [0.25, 0.3) is 5.91 Å². The largest absolute Gasteiger partial charge is 0.490 e. The number of hydrogen-bond donors (Lipinski definition) is 4. The van der Waals surface area contributed by atoms with Crippen LogP contribution in [0.4, 0.5) is 4.39 Å². The van der Waals surface area contributed by atoms with Gasteiger partial charge in [-0.15, -0.1) is 0 Å². The van der Waals surface area contributed by atoms with Crippen LogP contribution in [0, 0.1) is 5.82 Å². The van der Waals surface area contributed by atoms with Crippen LogP contribution in [-0.2, 0) is 11.3 Å². The first kappa shape index (κ1) is 16.6. The number of halogens is 1. The van der Waals surface area contributed by atoms with Crippen molar-refractivity contribution in [1.29, 1.82) is 0 Å². The number of aliphatic imine (C=N–C) groups is 1. The molecule has 1 aromatic carbocycles. The van der Waals surface area contributed by atoms with E-state index in [4.69, 9.17) is 4.74 Å². The maximum atomic E-state index is 13.6. The zero-order valence-corrected chi connectivity index (χ0v) is 13.8. The molecule has 0 saturated heterocycles. The van der Waals surface area contributed by atoms with Crippen LogP contribution in [0.5, 0.6) is 5.75 Å². The lowest BCUT2D eigenvalue weighted by molar-refractivity contribution is -0.118. The van der Waals surface area contributed by atoms with E-state index in [0.29, 0.717) is 35.1 Å². The summed E-state index contributed by atoms with van der Waals surface area (Å²) in [4.78, 5) is 16.8. The van der Waals surface area contributed by atoms with Gasteiger partial charge >= 0.3 is 0 Å². The van der Waals surface area contributed by atoms with Gasteiger partial charge in [-0.25, -0.2) is 9.82 Å². The number of ether oxygens (including phenoxy) is 1. The Kier molecular flexibility index (Phi) is 4.31. The fraction of sp³-hybridized carbons (Fsp3) is 0.294. The summed E-state index contributed by atoms with van der Waals surface area (Å²) in [6.45, 7) is 0.567. The van der Waals surface area contributed by atoms with E-state index >= 15 is 0 Å². The lowest BCUT2D eigenvalue weighted by Gasteiger charge is -2.24. The fourth-order valence-electron chi connectivity index (χ4n) is 2.87. The van der Waals surface area contributed by atoms with Crippen molar-refractivity contribution in [1.82, 2.24) is 21.1 Å². The normalized spacial score (nSPS) is 22.7. The summed E-state index contributed by atoms with van der Waals surface area (Å²) in [6.07, 6.45) is 2.62. The molecule has 0 saturated carbocycles. The number of amidine groups is 1. The predicted molar refractivity (Wildman–Crippen MR) is 91.2 cm³/mol. The van der Waals surface area contributed by atoms with Crippen molar-refractivity contribution in [2.75, 3.05) is 19.7 Å². The third-order valence-corrected chi connectivity index (χ3v) is 4.23. The molecule has 1 aromatic rings. The van der Waals surface area contributed by atoms with Gasteiger partial charge in [0.15, 0.2) is 0 Å². The lowest BCUT2D eigenvalue weighted by Crippen LogP contribution is -2.39.